The number of anilines is 1. The Labute approximate surface area is 188 Å². The number of aromatic nitrogens is 2. The number of hydrogen-bond acceptors (Lipinski definition) is 3. The van der Waals surface area contributed by atoms with Gasteiger partial charge in [-0.25, -0.2) is 9.97 Å². The lowest BCUT2D eigenvalue weighted by Gasteiger charge is -2.24. The van der Waals surface area contributed by atoms with Crippen molar-refractivity contribution in [3.63, 3.8) is 0 Å². The van der Waals surface area contributed by atoms with Gasteiger partial charge in [0, 0.05) is 10.6 Å². The molecule has 1 N–H and O–H groups in total. The zero-order valence-corrected chi connectivity index (χ0v) is 19.2. The average Bonchev–Trinajstić information content (AvgIpc) is 3.11. The van der Waals surface area contributed by atoms with E-state index in [0.29, 0.717) is 16.0 Å². The Morgan fingerprint density at radius 3 is 2.43 bits per heavy atom. The second-order valence-electron chi connectivity index (χ2n) is 7.84. The molecule has 0 saturated heterocycles. The van der Waals surface area contributed by atoms with Gasteiger partial charge in [-0.15, -0.1) is 0 Å². The van der Waals surface area contributed by atoms with Crippen LogP contribution in [-0.4, -0.2) is 9.97 Å². The fourth-order valence-corrected chi connectivity index (χ4v) is 4.91. The van der Waals surface area contributed by atoms with Gasteiger partial charge < -0.3 is 5.32 Å². The highest BCUT2D eigenvalue weighted by molar-refractivity contribution is 6.36. The Kier molecular flexibility index (Phi) is 6.31. The molecule has 1 aliphatic carbocycles. The molecule has 3 aromatic rings. The molecule has 30 heavy (non-hydrogen) atoms. The minimum Gasteiger partial charge on any atom is -0.361 e. The second kappa shape index (κ2) is 8.95. The SMILES string of the molecule is CCc1nc(-c2ccc(Cl)cc2Cl)c(CC)nc1NC1c2ccccc2C[C@H]1CC. The van der Waals surface area contributed by atoms with Crippen LogP contribution in [0.25, 0.3) is 11.3 Å². The Hall–Kier alpha value is -2.10. The third-order valence-corrected chi connectivity index (χ3v) is 6.60. The number of nitrogens with one attached hydrogen (secondary N) is 1. The summed E-state index contributed by atoms with van der Waals surface area (Å²) in [6.45, 7) is 6.49. The van der Waals surface area contributed by atoms with Crippen molar-refractivity contribution in [3.8, 4) is 11.3 Å². The zero-order valence-electron chi connectivity index (χ0n) is 17.7. The van der Waals surface area contributed by atoms with E-state index in [1.54, 1.807) is 6.07 Å². The summed E-state index contributed by atoms with van der Waals surface area (Å²) >= 11 is 12.6. The summed E-state index contributed by atoms with van der Waals surface area (Å²) in [6, 6.07) is 14.5. The van der Waals surface area contributed by atoms with Gasteiger partial charge in [0.05, 0.1) is 28.1 Å². The van der Waals surface area contributed by atoms with Gasteiger partial charge in [-0.2, -0.15) is 0 Å². The molecular formula is C25H27Cl2N3. The molecule has 1 aromatic heterocycles. The molecule has 4 rings (SSSR count). The van der Waals surface area contributed by atoms with Gasteiger partial charge in [0.25, 0.3) is 0 Å². The third-order valence-electron chi connectivity index (χ3n) is 6.06. The summed E-state index contributed by atoms with van der Waals surface area (Å²) in [5.74, 6) is 1.45. The first kappa shape index (κ1) is 21.1. The van der Waals surface area contributed by atoms with Crippen molar-refractivity contribution in [1.29, 1.82) is 0 Å². The predicted molar refractivity (Wildman–Crippen MR) is 127 cm³/mol. The summed E-state index contributed by atoms with van der Waals surface area (Å²) in [5.41, 5.74) is 6.46. The first-order valence-corrected chi connectivity index (χ1v) is 11.5. The molecule has 2 atom stereocenters. The number of halogens is 2. The summed E-state index contributed by atoms with van der Waals surface area (Å²) in [7, 11) is 0. The molecule has 1 heterocycles. The highest BCUT2D eigenvalue weighted by atomic mass is 35.5. The third kappa shape index (κ3) is 3.93. The number of hydrogen-bond donors (Lipinski definition) is 1. The van der Waals surface area contributed by atoms with Crippen molar-refractivity contribution < 1.29 is 0 Å². The standard InChI is InChI=1S/C25H27Cl2N3/c1-4-15-13-16-9-7-8-10-18(16)23(15)30-25-22(6-3)28-24(21(5-2)29-25)19-12-11-17(26)14-20(19)27/h7-12,14-15,23H,4-6,13H2,1-3H3,(H,29,30)/t15-,23?/m1/s1. The molecule has 2 aromatic carbocycles. The Bertz CT molecular complexity index is 1060. The molecule has 3 nitrogen and oxygen atoms in total. The molecule has 0 aliphatic heterocycles. The van der Waals surface area contributed by atoms with Crippen LogP contribution in [0.5, 0.6) is 0 Å². The molecule has 0 fully saturated rings. The van der Waals surface area contributed by atoms with E-state index in [0.717, 1.165) is 54.1 Å². The van der Waals surface area contributed by atoms with Crippen LogP contribution in [0.15, 0.2) is 42.5 Å². The second-order valence-corrected chi connectivity index (χ2v) is 8.68. The zero-order chi connectivity index (χ0) is 21.3. The minimum absolute atomic E-state index is 0.264. The number of fused-ring (bicyclic) bond motifs is 1. The predicted octanol–water partition coefficient (Wildman–Crippen LogP) is 7.31. The molecule has 5 heteroatoms. The molecule has 0 spiro atoms. The van der Waals surface area contributed by atoms with E-state index >= 15 is 0 Å². The van der Waals surface area contributed by atoms with Gasteiger partial charge in [0.1, 0.15) is 5.82 Å². The van der Waals surface area contributed by atoms with Gasteiger partial charge in [0.2, 0.25) is 0 Å². The fourth-order valence-electron chi connectivity index (χ4n) is 4.41. The van der Waals surface area contributed by atoms with Crippen molar-refractivity contribution in [2.45, 2.75) is 52.5 Å². The lowest BCUT2D eigenvalue weighted by atomic mass is 9.97. The van der Waals surface area contributed by atoms with Crippen molar-refractivity contribution in [2.24, 2.45) is 5.92 Å². The van der Waals surface area contributed by atoms with Crippen LogP contribution < -0.4 is 5.32 Å². The first-order valence-electron chi connectivity index (χ1n) is 10.7. The van der Waals surface area contributed by atoms with Crippen molar-refractivity contribution >= 4 is 29.0 Å². The number of rotatable bonds is 6. The average molecular weight is 440 g/mol. The molecule has 0 bridgehead atoms. The van der Waals surface area contributed by atoms with E-state index in [4.69, 9.17) is 33.2 Å². The molecular weight excluding hydrogens is 413 g/mol. The minimum atomic E-state index is 0.264. The van der Waals surface area contributed by atoms with E-state index in [2.05, 4.69) is 50.4 Å². The fraction of sp³-hybridized carbons (Fsp3) is 0.360. The van der Waals surface area contributed by atoms with E-state index in [1.807, 2.05) is 12.1 Å². The van der Waals surface area contributed by atoms with Crippen LogP contribution in [0.2, 0.25) is 10.0 Å². The summed E-state index contributed by atoms with van der Waals surface area (Å²) in [5, 5.41) is 4.99. The van der Waals surface area contributed by atoms with Crippen LogP contribution in [0.4, 0.5) is 5.82 Å². The molecule has 1 aliphatic rings. The summed E-state index contributed by atoms with van der Waals surface area (Å²) < 4.78 is 0. The Balaban J connectivity index is 1.76. The largest absolute Gasteiger partial charge is 0.361 e. The number of aryl methyl sites for hydroxylation is 2. The van der Waals surface area contributed by atoms with Gasteiger partial charge in [0.15, 0.2) is 0 Å². The molecule has 0 saturated carbocycles. The van der Waals surface area contributed by atoms with E-state index in [-0.39, 0.29) is 6.04 Å². The van der Waals surface area contributed by atoms with Crippen molar-refractivity contribution in [3.05, 3.63) is 75.0 Å². The lowest BCUT2D eigenvalue weighted by Crippen LogP contribution is -2.19. The maximum Gasteiger partial charge on any atom is 0.148 e. The lowest BCUT2D eigenvalue weighted by molar-refractivity contribution is 0.474. The van der Waals surface area contributed by atoms with Crippen LogP contribution >= 0.6 is 23.2 Å². The van der Waals surface area contributed by atoms with Crippen LogP contribution in [-0.2, 0) is 19.3 Å². The first-order chi connectivity index (χ1) is 14.5. The molecule has 0 amide bonds. The molecule has 1 unspecified atom stereocenters. The van der Waals surface area contributed by atoms with Crippen LogP contribution in [0, 0.1) is 5.92 Å². The number of nitrogens with zero attached hydrogens (tertiary/aromatic N) is 2. The summed E-state index contributed by atoms with van der Waals surface area (Å²) in [4.78, 5) is 10.1. The smallest absolute Gasteiger partial charge is 0.148 e. The van der Waals surface area contributed by atoms with Crippen molar-refractivity contribution in [1.82, 2.24) is 9.97 Å². The Morgan fingerprint density at radius 1 is 0.967 bits per heavy atom. The highest BCUT2D eigenvalue weighted by Crippen LogP contribution is 2.41. The van der Waals surface area contributed by atoms with Crippen molar-refractivity contribution in [2.75, 3.05) is 5.32 Å². The van der Waals surface area contributed by atoms with Gasteiger partial charge in [-0.3, -0.25) is 0 Å². The quantitative estimate of drug-likeness (QED) is 0.437. The number of benzene rings is 2. The van der Waals surface area contributed by atoms with E-state index in [9.17, 15) is 0 Å². The monoisotopic (exact) mass is 439 g/mol. The molecule has 0 radical (unpaired) electrons. The normalized spacial score (nSPS) is 17.8. The molecule has 156 valence electrons. The summed E-state index contributed by atoms with van der Waals surface area (Å²) in [6.07, 6.45) is 3.81. The van der Waals surface area contributed by atoms with E-state index < -0.39 is 0 Å². The Morgan fingerprint density at radius 2 is 1.73 bits per heavy atom. The van der Waals surface area contributed by atoms with Gasteiger partial charge in [-0.05, 0) is 54.5 Å². The maximum absolute atomic E-state index is 6.49. The van der Waals surface area contributed by atoms with Crippen LogP contribution in [0.3, 0.4) is 0 Å². The maximum atomic E-state index is 6.49. The van der Waals surface area contributed by atoms with Gasteiger partial charge >= 0.3 is 0 Å². The topological polar surface area (TPSA) is 37.8 Å². The highest BCUT2D eigenvalue weighted by Gasteiger charge is 2.32. The van der Waals surface area contributed by atoms with Crippen LogP contribution in [0.1, 0.15) is 55.7 Å². The van der Waals surface area contributed by atoms with Gasteiger partial charge in [-0.1, -0.05) is 74.7 Å². The van der Waals surface area contributed by atoms with E-state index in [1.165, 1.54) is 11.1 Å².